The van der Waals surface area contributed by atoms with Crippen molar-refractivity contribution < 1.29 is 14.6 Å². The minimum Gasteiger partial charge on any atom is -0.480 e. The molecule has 0 fully saturated rings. The molecule has 0 saturated carbocycles. The van der Waals surface area contributed by atoms with Gasteiger partial charge in [0.05, 0.1) is 11.6 Å². The Morgan fingerprint density at radius 2 is 2.04 bits per heavy atom. The molecule has 1 aliphatic heterocycles. The summed E-state index contributed by atoms with van der Waals surface area (Å²) in [6, 6.07) is 13.2. The number of hydrogen-bond acceptors (Lipinski definition) is 2. The summed E-state index contributed by atoms with van der Waals surface area (Å²) >= 11 is 9.74. The zero-order valence-corrected chi connectivity index (χ0v) is 14.7. The van der Waals surface area contributed by atoms with Crippen molar-refractivity contribution >= 4 is 33.6 Å². The van der Waals surface area contributed by atoms with Crippen LogP contribution < -0.4 is 10.1 Å². The highest BCUT2D eigenvalue weighted by molar-refractivity contribution is 9.10. The number of halogens is 2. The predicted octanol–water partition coefficient (Wildman–Crippen LogP) is 4.76. The molecule has 4 nitrogen and oxygen atoms in total. The predicted molar refractivity (Wildman–Crippen MR) is 92.3 cm³/mol. The molecular formula is C17H15BrClNO3. The Kier molecular flexibility index (Phi) is 4.25. The highest BCUT2D eigenvalue weighted by Gasteiger charge is 2.48. The van der Waals surface area contributed by atoms with Gasteiger partial charge in [-0.3, -0.25) is 0 Å². The van der Waals surface area contributed by atoms with Gasteiger partial charge in [0.2, 0.25) is 0 Å². The number of benzene rings is 2. The molecular weight excluding hydrogens is 382 g/mol. The fourth-order valence-corrected chi connectivity index (χ4v) is 3.92. The molecule has 1 heterocycles. The van der Waals surface area contributed by atoms with E-state index in [0.717, 1.165) is 15.6 Å². The topological polar surface area (TPSA) is 58.6 Å². The molecule has 1 amide bonds. The van der Waals surface area contributed by atoms with Gasteiger partial charge in [0.25, 0.3) is 0 Å². The fraction of sp³-hybridized carbons (Fsp3) is 0.235. The normalized spacial score (nSPS) is 22.3. The van der Waals surface area contributed by atoms with Gasteiger partial charge in [0.1, 0.15) is 5.75 Å². The van der Waals surface area contributed by atoms with E-state index in [0.29, 0.717) is 10.8 Å². The molecule has 2 unspecified atom stereocenters. The number of nitrogens with one attached hydrogen (secondary N) is 1. The minimum atomic E-state index is -1.08. The second-order valence-electron chi connectivity index (χ2n) is 5.51. The number of amides is 1. The lowest BCUT2D eigenvalue weighted by atomic mass is 9.80. The second-order valence-corrected chi connectivity index (χ2v) is 6.71. The van der Waals surface area contributed by atoms with Gasteiger partial charge in [-0.15, -0.1) is 0 Å². The summed E-state index contributed by atoms with van der Waals surface area (Å²) in [5.74, 6) is 0.629. The monoisotopic (exact) mass is 395 g/mol. The van der Waals surface area contributed by atoms with E-state index in [1.807, 2.05) is 43.3 Å². The quantitative estimate of drug-likeness (QED) is 0.786. The molecule has 0 aliphatic carbocycles. The first-order chi connectivity index (χ1) is 11.0. The number of rotatable bonds is 3. The molecule has 23 heavy (non-hydrogen) atoms. The molecule has 2 N–H and O–H groups in total. The lowest BCUT2D eigenvalue weighted by Crippen LogP contribution is -2.45. The summed E-state index contributed by atoms with van der Waals surface area (Å²) in [5.41, 5.74) is 1.06. The number of carbonyl (C=O) groups is 1. The fourth-order valence-electron chi connectivity index (χ4n) is 3.09. The van der Waals surface area contributed by atoms with Crippen molar-refractivity contribution in [2.45, 2.75) is 18.4 Å². The zero-order chi connectivity index (χ0) is 16.6. The van der Waals surface area contributed by atoms with E-state index in [2.05, 4.69) is 21.2 Å². The number of hydrogen-bond donors (Lipinski definition) is 2. The Bertz CT molecular complexity index is 753. The Morgan fingerprint density at radius 3 is 2.70 bits per heavy atom. The van der Waals surface area contributed by atoms with E-state index in [-0.39, 0.29) is 12.5 Å². The van der Waals surface area contributed by atoms with Gasteiger partial charge >= 0.3 is 6.09 Å². The number of ether oxygens (including phenoxy) is 1. The highest BCUT2D eigenvalue weighted by Crippen LogP contribution is 2.53. The molecule has 6 heteroatoms. The van der Waals surface area contributed by atoms with Crippen molar-refractivity contribution in [2.75, 3.05) is 6.54 Å². The lowest BCUT2D eigenvalue weighted by molar-refractivity contribution is 0.0691. The molecule has 2 aromatic rings. The maximum atomic E-state index is 11.0. The van der Waals surface area contributed by atoms with E-state index in [9.17, 15) is 4.79 Å². The first-order valence-electron chi connectivity index (χ1n) is 7.15. The van der Waals surface area contributed by atoms with Crippen LogP contribution in [-0.4, -0.2) is 17.7 Å². The van der Waals surface area contributed by atoms with E-state index in [1.165, 1.54) is 0 Å². The standard InChI is InChI=1S/C17H15BrClNO3/c1-10-14-13(8-7-12(19)15(14)18)23-17(10,9-20-16(21)22)11-5-3-2-4-6-11/h2-8,10,20H,9H2,1H3,(H,21,22). The summed E-state index contributed by atoms with van der Waals surface area (Å²) in [4.78, 5) is 11.0. The third-order valence-electron chi connectivity index (χ3n) is 4.28. The third-order valence-corrected chi connectivity index (χ3v) is 5.68. The molecule has 0 saturated heterocycles. The van der Waals surface area contributed by atoms with Crippen molar-refractivity contribution in [1.82, 2.24) is 5.32 Å². The molecule has 2 aromatic carbocycles. The van der Waals surface area contributed by atoms with Gasteiger partial charge in [-0.05, 0) is 33.6 Å². The van der Waals surface area contributed by atoms with Crippen molar-refractivity contribution in [1.29, 1.82) is 0 Å². The van der Waals surface area contributed by atoms with Crippen LogP contribution in [0.1, 0.15) is 24.0 Å². The van der Waals surface area contributed by atoms with Gasteiger partial charge in [0, 0.05) is 16.0 Å². The van der Waals surface area contributed by atoms with Crippen molar-refractivity contribution in [3.63, 3.8) is 0 Å². The van der Waals surface area contributed by atoms with E-state index in [4.69, 9.17) is 21.4 Å². The summed E-state index contributed by atoms with van der Waals surface area (Å²) < 4.78 is 7.05. The van der Waals surface area contributed by atoms with Gasteiger partial charge < -0.3 is 15.2 Å². The van der Waals surface area contributed by atoms with E-state index in [1.54, 1.807) is 6.07 Å². The maximum Gasteiger partial charge on any atom is 0.404 e. The maximum absolute atomic E-state index is 11.0. The van der Waals surface area contributed by atoms with Gasteiger partial charge in [-0.1, -0.05) is 48.9 Å². The Labute approximate surface area is 147 Å². The van der Waals surface area contributed by atoms with Gasteiger partial charge in [-0.25, -0.2) is 4.79 Å². The van der Waals surface area contributed by atoms with Crippen LogP contribution in [0.4, 0.5) is 4.79 Å². The Hall–Kier alpha value is -1.72. The molecule has 0 bridgehead atoms. The SMILES string of the molecule is CC1c2c(ccc(Cl)c2Br)OC1(CNC(=O)O)c1ccccc1. The average molecular weight is 397 g/mol. The molecule has 0 radical (unpaired) electrons. The average Bonchev–Trinajstić information content (AvgIpc) is 2.84. The summed E-state index contributed by atoms with van der Waals surface area (Å²) in [7, 11) is 0. The summed E-state index contributed by atoms with van der Waals surface area (Å²) in [6.07, 6.45) is -1.08. The molecule has 3 rings (SSSR count). The van der Waals surface area contributed by atoms with Crippen LogP contribution in [0.3, 0.4) is 0 Å². The van der Waals surface area contributed by atoms with Crippen molar-refractivity contribution in [3.05, 3.63) is 63.1 Å². The molecule has 120 valence electrons. The van der Waals surface area contributed by atoms with Crippen molar-refractivity contribution in [3.8, 4) is 5.75 Å². The molecule has 2 atom stereocenters. The molecule has 1 aliphatic rings. The highest BCUT2D eigenvalue weighted by atomic mass is 79.9. The van der Waals surface area contributed by atoms with E-state index >= 15 is 0 Å². The lowest BCUT2D eigenvalue weighted by Gasteiger charge is -2.33. The summed E-state index contributed by atoms with van der Waals surface area (Å²) in [5, 5.41) is 12.1. The second kappa shape index (κ2) is 6.06. The first-order valence-corrected chi connectivity index (χ1v) is 8.32. The molecule has 0 aromatic heterocycles. The van der Waals surface area contributed by atoms with Gasteiger partial charge in [0.15, 0.2) is 5.60 Å². The number of fused-ring (bicyclic) bond motifs is 1. The third kappa shape index (κ3) is 2.68. The summed E-state index contributed by atoms with van der Waals surface area (Å²) in [6.45, 7) is 2.16. The molecule has 0 spiro atoms. The Morgan fingerprint density at radius 1 is 1.35 bits per heavy atom. The van der Waals surface area contributed by atoms with Crippen LogP contribution in [0.5, 0.6) is 5.75 Å². The zero-order valence-electron chi connectivity index (χ0n) is 12.3. The van der Waals surface area contributed by atoms with Crippen LogP contribution in [-0.2, 0) is 5.60 Å². The van der Waals surface area contributed by atoms with Crippen molar-refractivity contribution in [2.24, 2.45) is 0 Å². The van der Waals surface area contributed by atoms with E-state index < -0.39 is 11.7 Å². The Balaban J connectivity index is 2.11. The minimum absolute atomic E-state index is 0.0835. The smallest absolute Gasteiger partial charge is 0.404 e. The van der Waals surface area contributed by atoms with Crippen LogP contribution in [0.25, 0.3) is 0 Å². The van der Waals surface area contributed by atoms with Crippen LogP contribution in [0.15, 0.2) is 46.9 Å². The first kappa shape index (κ1) is 16.1. The van der Waals surface area contributed by atoms with Crippen LogP contribution in [0.2, 0.25) is 5.02 Å². The van der Waals surface area contributed by atoms with Crippen LogP contribution >= 0.6 is 27.5 Å². The van der Waals surface area contributed by atoms with Crippen LogP contribution in [0, 0.1) is 0 Å². The largest absolute Gasteiger partial charge is 0.480 e. The number of carboxylic acid groups (broad SMARTS) is 1. The van der Waals surface area contributed by atoms with Gasteiger partial charge in [-0.2, -0.15) is 0 Å².